The van der Waals surface area contributed by atoms with Crippen LogP contribution in [0.15, 0.2) is 12.4 Å². The molecular formula is C17H27N7. The number of aryl methyl sites for hydroxylation is 1. The van der Waals surface area contributed by atoms with Gasteiger partial charge in [0.2, 0.25) is 0 Å². The van der Waals surface area contributed by atoms with Gasteiger partial charge in [-0.15, -0.1) is 10.2 Å². The molecule has 0 bridgehead atoms. The minimum atomic E-state index is 0.559. The van der Waals surface area contributed by atoms with E-state index in [1.54, 1.807) is 0 Å². The first-order valence-corrected chi connectivity index (χ1v) is 9.20. The molecule has 0 saturated carbocycles. The van der Waals surface area contributed by atoms with Crippen LogP contribution in [0.25, 0.3) is 0 Å². The highest BCUT2D eigenvalue weighted by atomic mass is 15.3. The summed E-state index contributed by atoms with van der Waals surface area (Å²) in [7, 11) is 0. The first-order chi connectivity index (χ1) is 11.8. The van der Waals surface area contributed by atoms with E-state index in [0.717, 1.165) is 58.1 Å². The molecule has 0 unspecified atom stereocenters. The Morgan fingerprint density at radius 3 is 2.92 bits per heavy atom. The van der Waals surface area contributed by atoms with Gasteiger partial charge in [0, 0.05) is 43.9 Å². The Balaban J connectivity index is 1.34. The number of nitrogens with zero attached hydrogens (tertiary/aromatic N) is 6. The number of likely N-dealkylation sites (tertiary alicyclic amines) is 1. The maximum atomic E-state index is 4.50. The van der Waals surface area contributed by atoms with E-state index < -0.39 is 0 Å². The lowest BCUT2D eigenvalue weighted by Crippen LogP contribution is -2.34. The summed E-state index contributed by atoms with van der Waals surface area (Å²) >= 11 is 0. The second kappa shape index (κ2) is 7.03. The number of nitrogens with one attached hydrogen (secondary N) is 1. The van der Waals surface area contributed by atoms with Crippen LogP contribution in [-0.2, 0) is 26.2 Å². The van der Waals surface area contributed by atoms with Crippen LogP contribution in [0.1, 0.15) is 49.3 Å². The van der Waals surface area contributed by atoms with Gasteiger partial charge >= 0.3 is 0 Å². The molecule has 7 heteroatoms. The maximum Gasteiger partial charge on any atom is 0.147 e. The third kappa shape index (κ3) is 3.23. The van der Waals surface area contributed by atoms with Gasteiger partial charge < -0.3 is 9.88 Å². The van der Waals surface area contributed by atoms with Crippen LogP contribution in [0.5, 0.6) is 0 Å². The molecule has 0 radical (unpaired) electrons. The Labute approximate surface area is 143 Å². The average molecular weight is 329 g/mol. The Hall–Kier alpha value is -1.73. The number of hydrogen-bond acceptors (Lipinski definition) is 5. The molecule has 130 valence electrons. The lowest BCUT2D eigenvalue weighted by molar-refractivity contribution is 0.199. The zero-order valence-electron chi connectivity index (χ0n) is 14.5. The highest BCUT2D eigenvalue weighted by Crippen LogP contribution is 2.28. The minimum Gasteiger partial charge on any atom is -0.312 e. The predicted molar refractivity (Wildman–Crippen MR) is 91.5 cm³/mol. The van der Waals surface area contributed by atoms with Crippen LogP contribution in [0.2, 0.25) is 0 Å². The second-order valence-corrected chi connectivity index (χ2v) is 6.96. The maximum absolute atomic E-state index is 4.50. The van der Waals surface area contributed by atoms with E-state index in [0.29, 0.717) is 5.92 Å². The topological polar surface area (TPSA) is 63.8 Å². The van der Waals surface area contributed by atoms with E-state index in [-0.39, 0.29) is 0 Å². The van der Waals surface area contributed by atoms with E-state index in [2.05, 4.69) is 47.9 Å². The molecule has 2 aromatic heterocycles. The van der Waals surface area contributed by atoms with Crippen molar-refractivity contribution in [3.63, 3.8) is 0 Å². The lowest BCUT2D eigenvalue weighted by atomic mass is 9.95. The van der Waals surface area contributed by atoms with Crippen molar-refractivity contribution < 1.29 is 0 Å². The summed E-state index contributed by atoms with van der Waals surface area (Å²) in [6, 6.07) is 0. The summed E-state index contributed by atoms with van der Waals surface area (Å²) < 4.78 is 4.39. The van der Waals surface area contributed by atoms with Crippen molar-refractivity contribution >= 4 is 0 Å². The van der Waals surface area contributed by atoms with Gasteiger partial charge in [-0.2, -0.15) is 5.10 Å². The van der Waals surface area contributed by atoms with Crippen molar-refractivity contribution in [1.29, 1.82) is 0 Å². The van der Waals surface area contributed by atoms with Gasteiger partial charge in [0.15, 0.2) is 0 Å². The van der Waals surface area contributed by atoms with Gasteiger partial charge in [0.1, 0.15) is 11.6 Å². The summed E-state index contributed by atoms with van der Waals surface area (Å²) in [4.78, 5) is 2.54. The average Bonchev–Trinajstić information content (AvgIpc) is 3.23. The van der Waals surface area contributed by atoms with E-state index in [1.165, 1.54) is 24.2 Å². The third-order valence-electron chi connectivity index (χ3n) is 5.15. The third-order valence-corrected chi connectivity index (χ3v) is 5.15. The van der Waals surface area contributed by atoms with Gasteiger partial charge in [-0.3, -0.25) is 9.58 Å². The van der Waals surface area contributed by atoms with E-state index in [9.17, 15) is 0 Å². The number of rotatable bonds is 5. The fraction of sp³-hybridized carbons (Fsp3) is 0.706. The van der Waals surface area contributed by atoms with Gasteiger partial charge in [-0.25, -0.2) is 0 Å². The molecule has 0 spiro atoms. The van der Waals surface area contributed by atoms with E-state index in [1.807, 2.05) is 6.20 Å². The molecule has 1 saturated heterocycles. The zero-order chi connectivity index (χ0) is 16.4. The molecule has 2 aliphatic heterocycles. The molecule has 0 amide bonds. The Bertz CT molecular complexity index is 666. The Morgan fingerprint density at radius 1 is 1.21 bits per heavy atom. The number of piperidine rings is 1. The SMILES string of the molecule is CCCn1cc(CN2CCC(c3nnc4n3CCNC4)CC2)cn1. The van der Waals surface area contributed by atoms with Crippen molar-refractivity contribution in [1.82, 2.24) is 34.8 Å². The van der Waals surface area contributed by atoms with Crippen LogP contribution < -0.4 is 5.32 Å². The van der Waals surface area contributed by atoms with Crippen LogP contribution in [0.4, 0.5) is 0 Å². The van der Waals surface area contributed by atoms with Crippen molar-refractivity contribution in [3.8, 4) is 0 Å². The fourth-order valence-corrected chi connectivity index (χ4v) is 3.86. The number of aromatic nitrogens is 5. The molecule has 4 rings (SSSR count). The first kappa shape index (κ1) is 15.8. The van der Waals surface area contributed by atoms with Crippen molar-refractivity contribution in [2.24, 2.45) is 0 Å². The van der Waals surface area contributed by atoms with E-state index in [4.69, 9.17) is 0 Å². The molecule has 0 aromatic carbocycles. The van der Waals surface area contributed by atoms with Crippen molar-refractivity contribution in [2.45, 2.75) is 58.3 Å². The second-order valence-electron chi connectivity index (χ2n) is 6.96. The molecular weight excluding hydrogens is 302 g/mol. The standard InChI is InChI=1S/C17H27N7/c1-2-6-23-13-14(10-19-23)12-22-7-3-15(4-8-22)17-21-20-16-11-18-5-9-24(16)17/h10,13,15,18H,2-9,11-12H2,1H3. The van der Waals surface area contributed by atoms with Crippen LogP contribution in [0.3, 0.4) is 0 Å². The van der Waals surface area contributed by atoms with Crippen molar-refractivity contribution in [2.75, 3.05) is 19.6 Å². The molecule has 4 heterocycles. The van der Waals surface area contributed by atoms with Gasteiger partial charge in [0.25, 0.3) is 0 Å². The van der Waals surface area contributed by atoms with Crippen molar-refractivity contribution in [3.05, 3.63) is 29.6 Å². The van der Waals surface area contributed by atoms with E-state index >= 15 is 0 Å². The summed E-state index contributed by atoms with van der Waals surface area (Å²) in [6.07, 6.45) is 7.69. The summed E-state index contributed by atoms with van der Waals surface area (Å²) in [6.45, 7) is 9.35. The highest BCUT2D eigenvalue weighted by molar-refractivity contribution is 5.07. The fourth-order valence-electron chi connectivity index (χ4n) is 3.86. The number of fused-ring (bicyclic) bond motifs is 1. The minimum absolute atomic E-state index is 0.559. The summed E-state index contributed by atoms with van der Waals surface area (Å²) in [5.74, 6) is 2.87. The summed E-state index contributed by atoms with van der Waals surface area (Å²) in [5.41, 5.74) is 1.33. The van der Waals surface area contributed by atoms with Gasteiger partial charge in [-0.1, -0.05) is 6.92 Å². The lowest BCUT2D eigenvalue weighted by Gasteiger charge is -2.31. The highest BCUT2D eigenvalue weighted by Gasteiger charge is 2.27. The van der Waals surface area contributed by atoms with Gasteiger partial charge in [0.05, 0.1) is 12.7 Å². The molecule has 7 nitrogen and oxygen atoms in total. The Morgan fingerprint density at radius 2 is 2.08 bits per heavy atom. The number of hydrogen-bond donors (Lipinski definition) is 1. The molecule has 24 heavy (non-hydrogen) atoms. The Kier molecular flexibility index (Phi) is 4.62. The molecule has 0 aliphatic carbocycles. The van der Waals surface area contributed by atoms with Crippen LogP contribution in [-0.4, -0.2) is 49.1 Å². The molecule has 2 aliphatic rings. The molecule has 1 N–H and O–H groups in total. The molecule has 2 aromatic rings. The zero-order valence-corrected chi connectivity index (χ0v) is 14.5. The molecule has 1 fully saturated rings. The summed E-state index contributed by atoms with van der Waals surface area (Å²) in [5, 5.41) is 16.7. The van der Waals surface area contributed by atoms with Gasteiger partial charge in [-0.05, 0) is 32.4 Å². The van der Waals surface area contributed by atoms with Crippen LogP contribution in [0, 0.1) is 0 Å². The monoisotopic (exact) mass is 329 g/mol. The largest absolute Gasteiger partial charge is 0.312 e. The quantitative estimate of drug-likeness (QED) is 0.897. The predicted octanol–water partition coefficient (Wildman–Crippen LogP) is 1.37. The smallest absolute Gasteiger partial charge is 0.147 e. The first-order valence-electron chi connectivity index (χ1n) is 9.20. The molecule has 0 atom stereocenters. The van der Waals surface area contributed by atoms with Crippen LogP contribution >= 0.6 is 0 Å². The normalized spacial score (nSPS) is 19.5.